The van der Waals surface area contributed by atoms with Gasteiger partial charge in [-0.25, -0.2) is 4.79 Å². The summed E-state index contributed by atoms with van der Waals surface area (Å²) < 4.78 is 0. The van der Waals surface area contributed by atoms with Crippen LogP contribution in [0.25, 0.3) is 0 Å². The van der Waals surface area contributed by atoms with E-state index in [0.29, 0.717) is 12.5 Å². The van der Waals surface area contributed by atoms with E-state index < -0.39 is 0 Å². The molecule has 0 aromatic heterocycles. The number of para-hydroxylation sites is 1. The van der Waals surface area contributed by atoms with Gasteiger partial charge in [-0.05, 0) is 37.4 Å². The second kappa shape index (κ2) is 5.87. The first-order valence-electron chi connectivity index (χ1n) is 6.51. The fraction of sp³-hybridized carbons (Fsp3) is 0.500. The Morgan fingerprint density at radius 2 is 2.11 bits per heavy atom. The van der Waals surface area contributed by atoms with Crippen LogP contribution in [0.15, 0.2) is 30.3 Å². The number of urea groups is 1. The average Bonchev–Trinajstić information content (AvgIpc) is 2.87. The molecule has 1 aromatic rings. The van der Waals surface area contributed by atoms with Gasteiger partial charge < -0.3 is 16.0 Å². The Hall–Kier alpha value is -1.55. The zero-order valence-electron chi connectivity index (χ0n) is 10.8. The summed E-state index contributed by atoms with van der Waals surface area (Å²) in [5.41, 5.74) is 6.59. The molecular weight excluding hydrogens is 226 g/mol. The van der Waals surface area contributed by atoms with Crippen molar-refractivity contribution in [3.63, 3.8) is 0 Å². The highest BCUT2D eigenvalue weighted by molar-refractivity contribution is 5.89. The number of benzene rings is 1. The van der Waals surface area contributed by atoms with Gasteiger partial charge in [0.15, 0.2) is 0 Å². The molecule has 0 bridgehead atoms. The fourth-order valence-corrected chi connectivity index (χ4v) is 2.69. The summed E-state index contributed by atoms with van der Waals surface area (Å²) in [5.74, 6) is 0.441. The molecule has 4 heteroatoms. The van der Waals surface area contributed by atoms with Crippen LogP contribution in [0.5, 0.6) is 0 Å². The van der Waals surface area contributed by atoms with E-state index in [1.54, 1.807) is 4.90 Å². The van der Waals surface area contributed by atoms with Crippen LogP contribution in [0.4, 0.5) is 10.5 Å². The number of nitrogens with one attached hydrogen (secondary N) is 1. The van der Waals surface area contributed by atoms with Crippen molar-refractivity contribution in [2.45, 2.75) is 25.3 Å². The molecule has 1 aliphatic carbocycles. The van der Waals surface area contributed by atoms with Crippen LogP contribution >= 0.6 is 0 Å². The first kappa shape index (κ1) is 12.9. The van der Waals surface area contributed by atoms with Crippen molar-refractivity contribution in [1.29, 1.82) is 0 Å². The maximum Gasteiger partial charge on any atom is 0.321 e. The molecule has 1 saturated carbocycles. The van der Waals surface area contributed by atoms with Crippen molar-refractivity contribution in [2.75, 3.05) is 18.9 Å². The Morgan fingerprint density at radius 1 is 1.39 bits per heavy atom. The molecule has 0 spiro atoms. The second-order valence-electron chi connectivity index (χ2n) is 4.90. The quantitative estimate of drug-likeness (QED) is 0.861. The largest absolute Gasteiger partial charge is 0.330 e. The number of hydrogen-bond acceptors (Lipinski definition) is 2. The smallest absolute Gasteiger partial charge is 0.321 e. The summed E-state index contributed by atoms with van der Waals surface area (Å²) in [6.07, 6.45) is 3.35. The lowest BCUT2D eigenvalue weighted by molar-refractivity contribution is 0.190. The summed E-state index contributed by atoms with van der Waals surface area (Å²) in [6.45, 7) is 0.660. The molecule has 2 amide bonds. The van der Waals surface area contributed by atoms with Gasteiger partial charge in [-0.15, -0.1) is 0 Å². The molecule has 0 radical (unpaired) electrons. The summed E-state index contributed by atoms with van der Waals surface area (Å²) >= 11 is 0. The third kappa shape index (κ3) is 2.82. The Balaban J connectivity index is 1.96. The van der Waals surface area contributed by atoms with Crippen LogP contribution in [0, 0.1) is 5.92 Å². The highest BCUT2D eigenvalue weighted by Gasteiger charge is 2.31. The van der Waals surface area contributed by atoms with Crippen molar-refractivity contribution in [3.8, 4) is 0 Å². The molecular formula is C14H21N3O. The van der Waals surface area contributed by atoms with Crippen LogP contribution < -0.4 is 11.1 Å². The molecule has 3 N–H and O–H groups in total. The fourth-order valence-electron chi connectivity index (χ4n) is 2.69. The topological polar surface area (TPSA) is 58.4 Å². The predicted octanol–water partition coefficient (Wildman–Crippen LogP) is 2.28. The monoisotopic (exact) mass is 247 g/mol. The van der Waals surface area contributed by atoms with E-state index in [1.807, 2.05) is 37.4 Å². The minimum absolute atomic E-state index is 0.0495. The lowest BCUT2D eigenvalue weighted by Gasteiger charge is -2.29. The lowest BCUT2D eigenvalue weighted by Crippen LogP contribution is -2.43. The zero-order valence-corrected chi connectivity index (χ0v) is 10.8. The van der Waals surface area contributed by atoms with Gasteiger partial charge in [-0.3, -0.25) is 0 Å². The van der Waals surface area contributed by atoms with Gasteiger partial charge in [0.25, 0.3) is 0 Å². The normalized spacial score (nSPS) is 22.8. The second-order valence-corrected chi connectivity index (χ2v) is 4.90. The minimum atomic E-state index is -0.0495. The molecule has 2 unspecified atom stereocenters. The minimum Gasteiger partial charge on any atom is -0.330 e. The van der Waals surface area contributed by atoms with Gasteiger partial charge in [0.05, 0.1) is 0 Å². The molecule has 98 valence electrons. The number of amides is 2. The number of carbonyl (C=O) groups excluding carboxylic acids is 1. The van der Waals surface area contributed by atoms with E-state index in [0.717, 1.165) is 24.9 Å². The number of nitrogens with zero attached hydrogens (tertiary/aromatic N) is 1. The maximum absolute atomic E-state index is 12.1. The summed E-state index contributed by atoms with van der Waals surface area (Å²) in [6, 6.07) is 9.76. The van der Waals surface area contributed by atoms with E-state index >= 15 is 0 Å². The summed E-state index contributed by atoms with van der Waals surface area (Å²) in [5, 5.41) is 2.91. The zero-order chi connectivity index (χ0) is 13.0. The molecule has 18 heavy (non-hydrogen) atoms. The van der Waals surface area contributed by atoms with Gasteiger partial charge in [-0.1, -0.05) is 24.6 Å². The first-order valence-corrected chi connectivity index (χ1v) is 6.51. The maximum atomic E-state index is 12.1. The standard InChI is InChI=1S/C14H21N3O/c1-17(13-9-5-6-11(13)10-15)14(18)16-12-7-3-2-4-8-12/h2-4,7-8,11,13H,5-6,9-10,15H2,1H3,(H,16,18). The van der Waals surface area contributed by atoms with Crippen LogP contribution in [-0.4, -0.2) is 30.6 Å². The molecule has 1 fully saturated rings. The third-order valence-electron chi connectivity index (χ3n) is 3.76. The number of anilines is 1. The third-order valence-corrected chi connectivity index (χ3v) is 3.76. The van der Waals surface area contributed by atoms with Gasteiger partial charge in [0.2, 0.25) is 0 Å². The molecule has 0 saturated heterocycles. The van der Waals surface area contributed by atoms with Gasteiger partial charge in [0.1, 0.15) is 0 Å². The molecule has 2 atom stereocenters. The molecule has 0 heterocycles. The molecule has 4 nitrogen and oxygen atoms in total. The summed E-state index contributed by atoms with van der Waals surface area (Å²) in [4.78, 5) is 13.9. The van der Waals surface area contributed by atoms with E-state index in [2.05, 4.69) is 5.32 Å². The van der Waals surface area contributed by atoms with E-state index in [9.17, 15) is 4.79 Å². The highest BCUT2D eigenvalue weighted by atomic mass is 16.2. The SMILES string of the molecule is CN(C(=O)Nc1ccccc1)C1CCCC1CN. The van der Waals surface area contributed by atoms with E-state index in [4.69, 9.17) is 5.73 Å². The van der Waals surface area contributed by atoms with Crippen molar-refractivity contribution < 1.29 is 4.79 Å². The van der Waals surface area contributed by atoms with Gasteiger partial charge in [-0.2, -0.15) is 0 Å². The average molecular weight is 247 g/mol. The molecule has 1 aromatic carbocycles. The Labute approximate surface area is 108 Å². The number of nitrogens with two attached hydrogens (primary N) is 1. The van der Waals surface area contributed by atoms with Crippen LogP contribution in [0.3, 0.4) is 0 Å². The lowest BCUT2D eigenvalue weighted by atomic mass is 10.0. The van der Waals surface area contributed by atoms with Crippen LogP contribution in [0.2, 0.25) is 0 Å². The van der Waals surface area contributed by atoms with Gasteiger partial charge >= 0.3 is 6.03 Å². The Morgan fingerprint density at radius 3 is 2.78 bits per heavy atom. The number of hydrogen-bond donors (Lipinski definition) is 2. The van der Waals surface area contributed by atoms with Gasteiger partial charge in [0, 0.05) is 18.8 Å². The molecule has 1 aliphatic rings. The molecule has 2 rings (SSSR count). The summed E-state index contributed by atoms with van der Waals surface area (Å²) in [7, 11) is 1.86. The Kier molecular flexibility index (Phi) is 4.20. The number of carbonyl (C=O) groups is 1. The first-order chi connectivity index (χ1) is 8.72. The van der Waals surface area contributed by atoms with E-state index in [-0.39, 0.29) is 12.1 Å². The predicted molar refractivity (Wildman–Crippen MR) is 73.4 cm³/mol. The van der Waals surface area contributed by atoms with Crippen molar-refractivity contribution in [3.05, 3.63) is 30.3 Å². The Bertz CT molecular complexity index is 393. The molecule has 0 aliphatic heterocycles. The van der Waals surface area contributed by atoms with E-state index in [1.165, 1.54) is 0 Å². The van der Waals surface area contributed by atoms with Crippen LogP contribution in [-0.2, 0) is 0 Å². The van der Waals surface area contributed by atoms with Crippen molar-refractivity contribution in [1.82, 2.24) is 4.90 Å². The van der Waals surface area contributed by atoms with Crippen molar-refractivity contribution in [2.24, 2.45) is 11.7 Å². The van der Waals surface area contributed by atoms with Crippen LogP contribution in [0.1, 0.15) is 19.3 Å². The van der Waals surface area contributed by atoms with Crippen molar-refractivity contribution >= 4 is 11.7 Å². The number of rotatable bonds is 3. The highest BCUT2D eigenvalue weighted by Crippen LogP contribution is 2.28.